The summed E-state index contributed by atoms with van der Waals surface area (Å²) < 4.78 is 0. The summed E-state index contributed by atoms with van der Waals surface area (Å²) in [6.45, 7) is 0.515. The van der Waals surface area contributed by atoms with Crippen LogP contribution >= 0.6 is 0 Å². The first-order chi connectivity index (χ1) is 11.3. The Hall–Kier alpha value is -2.13. The fourth-order valence-electron chi connectivity index (χ4n) is 3.34. The van der Waals surface area contributed by atoms with Crippen molar-refractivity contribution in [3.8, 4) is 0 Å². The number of hydrogen-bond donors (Lipinski definition) is 2. The van der Waals surface area contributed by atoms with Crippen molar-refractivity contribution in [1.29, 1.82) is 0 Å². The number of hydrogen-bond acceptors (Lipinski definition) is 1. The van der Waals surface area contributed by atoms with Crippen LogP contribution in [0.15, 0.2) is 60.7 Å². The van der Waals surface area contributed by atoms with E-state index in [1.54, 1.807) is 0 Å². The van der Waals surface area contributed by atoms with Crippen LogP contribution in [0.25, 0.3) is 0 Å². The second-order valence-electron chi connectivity index (χ2n) is 6.31. The van der Waals surface area contributed by atoms with Crippen molar-refractivity contribution in [3.63, 3.8) is 0 Å². The van der Waals surface area contributed by atoms with Crippen molar-refractivity contribution in [2.45, 2.75) is 37.8 Å². The molecular formula is C20H25N2O+. The Labute approximate surface area is 138 Å². The van der Waals surface area contributed by atoms with E-state index >= 15 is 0 Å². The molecule has 120 valence electrons. The molecule has 0 spiro atoms. The molecule has 0 aliphatic heterocycles. The summed E-state index contributed by atoms with van der Waals surface area (Å²) in [5, 5.41) is 5.41. The van der Waals surface area contributed by atoms with Gasteiger partial charge in [-0.1, -0.05) is 60.7 Å². The summed E-state index contributed by atoms with van der Waals surface area (Å²) in [5.74, 6) is 0.106. The maximum Gasteiger partial charge on any atom is 0.275 e. The zero-order valence-electron chi connectivity index (χ0n) is 13.4. The van der Waals surface area contributed by atoms with Crippen LogP contribution in [0.2, 0.25) is 0 Å². The highest BCUT2D eigenvalue weighted by atomic mass is 16.2. The molecule has 1 saturated carbocycles. The summed E-state index contributed by atoms with van der Waals surface area (Å²) in [7, 11) is 0. The molecule has 0 bridgehead atoms. The highest BCUT2D eigenvalue weighted by molar-refractivity contribution is 5.77. The van der Waals surface area contributed by atoms with Gasteiger partial charge >= 0.3 is 0 Å². The molecule has 3 rings (SSSR count). The minimum Gasteiger partial charge on any atom is -0.340 e. The zero-order valence-corrected chi connectivity index (χ0v) is 13.4. The van der Waals surface area contributed by atoms with E-state index in [0.717, 1.165) is 11.1 Å². The van der Waals surface area contributed by atoms with Crippen molar-refractivity contribution in [3.05, 3.63) is 71.8 Å². The molecule has 1 aliphatic carbocycles. The lowest BCUT2D eigenvalue weighted by atomic mass is 9.99. The zero-order chi connectivity index (χ0) is 15.9. The number of nitrogens with two attached hydrogens (primary N) is 1. The van der Waals surface area contributed by atoms with Gasteiger partial charge in [-0.2, -0.15) is 0 Å². The molecule has 0 saturated heterocycles. The fraction of sp³-hybridized carbons (Fsp3) is 0.350. The minimum atomic E-state index is -0.0816. The van der Waals surface area contributed by atoms with Crippen molar-refractivity contribution >= 4 is 5.91 Å². The van der Waals surface area contributed by atoms with Gasteiger partial charge in [0.1, 0.15) is 0 Å². The van der Waals surface area contributed by atoms with E-state index in [1.807, 2.05) is 36.4 Å². The normalized spacial score (nSPS) is 15.0. The second-order valence-corrected chi connectivity index (χ2v) is 6.31. The summed E-state index contributed by atoms with van der Waals surface area (Å²) in [6.07, 6.45) is 5.10. The van der Waals surface area contributed by atoms with Gasteiger partial charge in [-0.05, 0) is 36.8 Å². The first-order valence-corrected chi connectivity index (χ1v) is 8.55. The predicted octanol–water partition coefficient (Wildman–Crippen LogP) is 2.40. The Morgan fingerprint density at radius 1 is 0.957 bits per heavy atom. The van der Waals surface area contributed by atoms with Crippen LogP contribution in [0.1, 0.15) is 42.9 Å². The Bertz CT molecular complexity index is 567. The molecule has 1 aliphatic rings. The maximum atomic E-state index is 12.4. The number of benzene rings is 2. The van der Waals surface area contributed by atoms with Crippen LogP contribution in [0.4, 0.5) is 0 Å². The van der Waals surface area contributed by atoms with E-state index in [0.29, 0.717) is 12.6 Å². The SMILES string of the molecule is O=C(C[NH2+]C1CCCC1)NC(c1ccccc1)c1ccccc1. The van der Waals surface area contributed by atoms with Crippen LogP contribution in [0.3, 0.4) is 0 Å². The number of rotatable bonds is 6. The van der Waals surface area contributed by atoms with E-state index in [-0.39, 0.29) is 11.9 Å². The molecule has 0 unspecified atom stereocenters. The van der Waals surface area contributed by atoms with Crippen LogP contribution < -0.4 is 10.6 Å². The number of quaternary nitrogens is 1. The maximum absolute atomic E-state index is 12.4. The Morgan fingerprint density at radius 3 is 2.00 bits per heavy atom. The molecule has 3 nitrogen and oxygen atoms in total. The third-order valence-electron chi connectivity index (χ3n) is 4.61. The predicted molar refractivity (Wildman–Crippen MR) is 91.9 cm³/mol. The first-order valence-electron chi connectivity index (χ1n) is 8.55. The molecule has 3 N–H and O–H groups in total. The lowest BCUT2D eigenvalue weighted by molar-refractivity contribution is -0.677. The van der Waals surface area contributed by atoms with Crippen molar-refractivity contribution in [1.82, 2.24) is 5.32 Å². The van der Waals surface area contributed by atoms with Gasteiger partial charge in [0.25, 0.3) is 5.91 Å². The smallest absolute Gasteiger partial charge is 0.275 e. The van der Waals surface area contributed by atoms with Gasteiger partial charge in [-0.25, -0.2) is 0 Å². The van der Waals surface area contributed by atoms with Crippen LogP contribution in [-0.2, 0) is 4.79 Å². The molecule has 0 aromatic heterocycles. The molecule has 23 heavy (non-hydrogen) atoms. The average Bonchev–Trinajstić information content (AvgIpc) is 3.13. The second kappa shape index (κ2) is 7.93. The molecule has 2 aromatic rings. The topological polar surface area (TPSA) is 45.7 Å². The molecule has 0 atom stereocenters. The average molecular weight is 309 g/mol. The van der Waals surface area contributed by atoms with Crippen molar-refractivity contribution in [2.75, 3.05) is 6.54 Å². The largest absolute Gasteiger partial charge is 0.340 e. The number of nitrogens with one attached hydrogen (secondary N) is 1. The molecule has 0 radical (unpaired) electrons. The Morgan fingerprint density at radius 2 is 1.48 bits per heavy atom. The third kappa shape index (κ3) is 4.42. The van der Waals surface area contributed by atoms with Crippen molar-refractivity contribution < 1.29 is 10.1 Å². The van der Waals surface area contributed by atoms with Gasteiger partial charge in [0, 0.05) is 0 Å². The fourth-order valence-corrected chi connectivity index (χ4v) is 3.34. The Kier molecular flexibility index (Phi) is 5.43. The number of amides is 1. The third-order valence-corrected chi connectivity index (χ3v) is 4.61. The highest BCUT2D eigenvalue weighted by Gasteiger charge is 2.21. The van der Waals surface area contributed by atoms with Crippen LogP contribution in [0.5, 0.6) is 0 Å². The molecule has 2 aromatic carbocycles. The lowest BCUT2D eigenvalue weighted by Gasteiger charge is -2.20. The van der Waals surface area contributed by atoms with Gasteiger partial charge in [-0.15, -0.1) is 0 Å². The quantitative estimate of drug-likeness (QED) is 0.845. The van der Waals surface area contributed by atoms with Gasteiger partial charge < -0.3 is 10.6 Å². The van der Waals surface area contributed by atoms with E-state index in [2.05, 4.69) is 34.9 Å². The highest BCUT2D eigenvalue weighted by Crippen LogP contribution is 2.21. The minimum absolute atomic E-state index is 0.0816. The lowest BCUT2D eigenvalue weighted by Crippen LogP contribution is -2.91. The van der Waals surface area contributed by atoms with Gasteiger partial charge in [-0.3, -0.25) is 4.79 Å². The summed E-state index contributed by atoms with van der Waals surface area (Å²) >= 11 is 0. The van der Waals surface area contributed by atoms with Gasteiger partial charge in [0.15, 0.2) is 6.54 Å². The summed E-state index contributed by atoms with van der Waals surface area (Å²) in [4.78, 5) is 12.4. The Balaban J connectivity index is 1.67. The monoisotopic (exact) mass is 309 g/mol. The van der Waals surface area contributed by atoms with Gasteiger partial charge in [0.2, 0.25) is 0 Å². The molecule has 0 heterocycles. The molecule has 1 fully saturated rings. The number of carbonyl (C=O) groups is 1. The van der Waals surface area contributed by atoms with Gasteiger partial charge in [0.05, 0.1) is 12.1 Å². The summed E-state index contributed by atoms with van der Waals surface area (Å²) in [5.41, 5.74) is 2.24. The van der Waals surface area contributed by atoms with Crippen LogP contribution in [0, 0.1) is 0 Å². The van der Waals surface area contributed by atoms with E-state index < -0.39 is 0 Å². The van der Waals surface area contributed by atoms with E-state index in [9.17, 15) is 4.79 Å². The summed E-state index contributed by atoms with van der Waals surface area (Å²) in [6, 6.07) is 20.9. The molecule has 3 heteroatoms. The number of carbonyl (C=O) groups excluding carboxylic acids is 1. The van der Waals surface area contributed by atoms with E-state index in [4.69, 9.17) is 0 Å². The first kappa shape index (κ1) is 15.8. The van der Waals surface area contributed by atoms with Crippen molar-refractivity contribution in [2.24, 2.45) is 0 Å². The standard InChI is InChI=1S/C20H24N2O/c23-19(15-21-18-13-7-8-14-18)22-20(16-9-3-1-4-10-16)17-11-5-2-6-12-17/h1-6,9-12,18,20-21H,7-8,13-15H2,(H,22,23)/p+1. The van der Waals surface area contributed by atoms with Crippen LogP contribution in [-0.4, -0.2) is 18.5 Å². The van der Waals surface area contributed by atoms with E-state index in [1.165, 1.54) is 25.7 Å². The molecular weight excluding hydrogens is 284 g/mol. The molecule has 1 amide bonds.